The standard InChI is InChI=1S/C7H16O4/c1-6(9)5-11-7(2)10-4-3-8/h6-9H,3-5H2,1-2H3. The topological polar surface area (TPSA) is 58.9 Å². The first-order valence-corrected chi connectivity index (χ1v) is 3.69. The lowest BCUT2D eigenvalue weighted by atomic mass is 10.4. The highest BCUT2D eigenvalue weighted by molar-refractivity contribution is 4.42. The van der Waals surface area contributed by atoms with Crippen molar-refractivity contribution in [2.45, 2.75) is 26.2 Å². The molecule has 0 saturated carbocycles. The molecule has 0 radical (unpaired) electrons. The van der Waals surface area contributed by atoms with Crippen LogP contribution in [-0.2, 0) is 9.47 Å². The fraction of sp³-hybridized carbons (Fsp3) is 1.00. The van der Waals surface area contributed by atoms with Gasteiger partial charge in [0.05, 0.1) is 25.9 Å². The smallest absolute Gasteiger partial charge is 0.155 e. The zero-order valence-electron chi connectivity index (χ0n) is 6.99. The summed E-state index contributed by atoms with van der Waals surface area (Å²) in [6, 6.07) is 0. The number of hydrogen-bond donors (Lipinski definition) is 2. The highest BCUT2D eigenvalue weighted by Gasteiger charge is 2.02. The zero-order valence-corrected chi connectivity index (χ0v) is 6.99. The highest BCUT2D eigenvalue weighted by atomic mass is 16.7. The Morgan fingerprint density at radius 2 is 1.91 bits per heavy atom. The fourth-order valence-corrected chi connectivity index (χ4v) is 0.542. The summed E-state index contributed by atoms with van der Waals surface area (Å²) < 4.78 is 9.98. The second-order valence-electron chi connectivity index (χ2n) is 2.34. The zero-order chi connectivity index (χ0) is 8.69. The molecule has 2 atom stereocenters. The molecule has 0 aliphatic rings. The van der Waals surface area contributed by atoms with Gasteiger partial charge in [0.25, 0.3) is 0 Å². The average molecular weight is 164 g/mol. The van der Waals surface area contributed by atoms with Crippen LogP contribution >= 0.6 is 0 Å². The third kappa shape index (κ3) is 7.74. The summed E-state index contributed by atoms with van der Waals surface area (Å²) in [5.41, 5.74) is 0. The summed E-state index contributed by atoms with van der Waals surface area (Å²) >= 11 is 0. The van der Waals surface area contributed by atoms with Crippen molar-refractivity contribution in [2.24, 2.45) is 0 Å². The Morgan fingerprint density at radius 3 is 2.36 bits per heavy atom. The summed E-state index contributed by atoms with van der Waals surface area (Å²) in [4.78, 5) is 0. The van der Waals surface area contributed by atoms with Gasteiger partial charge in [0.15, 0.2) is 6.29 Å². The van der Waals surface area contributed by atoms with E-state index in [9.17, 15) is 0 Å². The number of aliphatic hydroxyl groups excluding tert-OH is 2. The molecule has 0 fully saturated rings. The first-order valence-electron chi connectivity index (χ1n) is 3.69. The van der Waals surface area contributed by atoms with E-state index in [0.717, 1.165) is 0 Å². The molecule has 0 amide bonds. The van der Waals surface area contributed by atoms with Crippen molar-refractivity contribution in [3.05, 3.63) is 0 Å². The van der Waals surface area contributed by atoms with Crippen LogP contribution < -0.4 is 0 Å². The molecule has 68 valence electrons. The number of hydrogen-bond acceptors (Lipinski definition) is 4. The molecule has 0 aliphatic heterocycles. The van der Waals surface area contributed by atoms with Gasteiger partial charge >= 0.3 is 0 Å². The van der Waals surface area contributed by atoms with Crippen molar-refractivity contribution >= 4 is 0 Å². The van der Waals surface area contributed by atoms with Crippen LogP contribution in [0.15, 0.2) is 0 Å². The molecule has 2 N–H and O–H groups in total. The van der Waals surface area contributed by atoms with E-state index in [1.54, 1.807) is 13.8 Å². The van der Waals surface area contributed by atoms with Gasteiger partial charge in [0, 0.05) is 0 Å². The number of ether oxygens (including phenoxy) is 2. The van der Waals surface area contributed by atoms with Crippen LogP contribution in [0.1, 0.15) is 13.8 Å². The van der Waals surface area contributed by atoms with Crippen molar-refractivity contribution in [1.29, 1.82) is 0 Å². The van der Waals surface area contributed by atoms with E-state index in [1.165, 1.54) is 0 Å². The third-order valence-electron chi connectivity index (χ3n) is 1.02. The van der Waals surface area contributed by atoms with Crippen LogP contribution in [0.5, 0.6) is 0 Å². The summed E-state index contributed by atoms with van der Waals surface area (Å²) in [5.74, 6) is 0. The maximum atomic E-state index is 8.80. The van der Waals surface area contributed by atoms with E-state index < -0.39 is 6.10 Å². The van der Waals surface area contributed by atoms with Crippen LogP contribution in [0.3, 0.4) is 0 Å². The number of aliphatic hydroxyl groups is 2. The average Bonchev–Trinajstić information content (AvgIpc) is 1.97. The maximum Gasteiger partial charge on any atom is 0.155 e. The Morgan fingerprint density at radius 1 is 1.27 bits per heavy atom. The maximum absolute atomic E-state index is 8.80. The quantitative estimate of drug-likeness (QED) is 0.531. The molecule has 0 spiro atoms. The molecule has 0 rings (SSSR count). The normalized spacial score (nSPS) is 16.4. The lowest BCUT2D eigenvalue weighted by molar-refractivity contribution is -0.149. The van der Waals surface area contributed by atoms with Crippen molar-refractivity contribution in [3.63, 3.8) is 0 Å². The molecule has 0 aliphatic carbocycles. The molecule has 11 heavy (non-hydrogen) atoms. The monoisotopic (exact) mass is 164 g/mol. The second kappa shape index (κ2) is 6.54. The Balaban J connectivity index is 3.15. The van der Waals surface area contributed by atoms with Gasteiger partial charge in [-0.1, -0.05) is 0 Å². The molecule has 0 bridgehead atoms. The van der Waals surface area contributed by atoms with E-state index in [0.29, 0.717) is 0 Å². The van der Waals surface area contributed by atoms with Gasteiger partial charge in [-0.2, -0.15) is 0 Å². The van der Waals surface area contributed by atoms with E-state index in [2.05, 4.69) is 0 Å². The van der Waals surface area contributed by atoms with Gasteiger partial charge in [-0.3, -0.25) is 0 Å². The van der Waals surface area contributed by atoms with E-state index >= 15 is 0 Å². The van der Waals surface area contributed by atoms with Gasteiger partial charge in [-0.25, -0.2) is 0 Å². The predicted octanol–water partition coefficient (Wildman–Crippen LogP) is -0.261. The van der Waals surface area contributed by atoms with Crippen LogP contribution in [0, 0.1) is 0 Å². The molecular formula is C7H16O4. The van der Waals surface area contributed by atoms with E-state index in [4.69, 9.17) is 19.7 Å². The lowest BCUT2D eigenvalue weighted by Crippen LogP contribution is -2.20. The van der Waals surface area contributed by atoms with Crippen molar-refractivity contribution in [2.75, 3.05) is 19.8 Å². The van der Waals surface area contributed by atoms with Crippen LogP contribution in [-0.4, -0.2) is 42.4 Å². The van der Waals surface area contributed by atoms with Gasteiger partial charge in [0.2, 0.25) is 0 Å². The Kier molecular flexibility index (Phi) is 6.45. The SMILES string of the molecule is CC(O)COC(C)OCCO. The van der Waals surface area contributed by atoms with Gasteiger partial charge in [-0.05, 0) is 13.8 Å². The van der Waals surface area contributed by atoms with Gasteiger partial charge < -0.3 is 19.7 Å². The Hall–Kier alpha value is -0.160. The van der Waals surface area contributed by atoms with Crippen LogP contribution in [0.2, 0.25) is 0 Å². The third-order valence-corrected chi connectivity index (χ3v) is 1.02. The molecule has 2 unspecified atom stereocenters. The summed E-state index contributed by atoms with van der Waals surface area (Å²) in [6.45, 7) is 3.87. The summed E-state index contributed by atoms with van der Waals surface area (Å²) in [7, 11) is 0. The molecule has 0 aromatic rings. The van der Waals surface area contributed by atoms with Gasteiger partial charge in [-0.15, -0.1) is 0 Å². The molecule has 0 heterocycles. The summed E-state index contributed by atoms with van der Waals surface area (Å²) in [6.07, 6.45) is -0.841. The van der Waals surface area contributed by atoms with Crippen LogP contribution in [0.25, 0.3) is 0 Å². The van der Waals surface area contributed by atoms with Crippen molar-refractivity contribution in [3.8, 4) is 0 Å². The molecule has 4 nitrogen and oxygen atoms in total. The first-order chi connectivity index (χ1) is 5.16. The van der Waals surface area contributed by atoms with E-state index in [-0.39, 0.29) is 26.1 Å². The minimum Gasteiger partial charge on any atom is -0.394 e. The van der Waals surface area contributed by atoms with Crippen LogP contribution in [0.4, 0.5) is 0 Å². The van der Waals surface area contributed by atoms with Gasteiger partial charge in [0.1, 0.15) is 0 Å². The minimum atomic E-state index is -0.477. The lowest BCUT2D eigenvalue weighted by Gasteiger charge is -2.14. The van der Waals surface area contributed by atoms with Crippen molar-refractivity contribution < 1.29 is 19.7 Å². The molecule has 4 heteroatoms. The largest absolute Gasteiger partial charge is 0.394 e. The predicted molar refractivity (Wildman–Crippen MR) is 40.1 cm³/mol. The Labute approximate surface area is 66.7 Å². The molecule has 0 aromatic carbocycles. The fourth-order valence-electron chi connectivity index (χ4n) is 0.542. The molecular weight excluding hydrogens is 148 g/mol. The molecule has 0 saturated heterocycles. The summed E-state index contributed by atoms with van der Waals surface area (Å²) in [5, 5.41) is 17.2. The Bertz CT molecular complexity index is 84.5. The number of rotatable bonds is 6. The molecule has 0 aromatic heterocycles. The minimum absolute atomic E-state index is 0.0115. The van der Waals surface area contributed by atoms with E-state index in [1.807, 2.05) is 0 Å². The van der Waals surface area contributed by atoms with Crippen molar-refractivity contribution in [1.82, 2.24) is 0 Å². The second-order valence-corrected chi connectivity index (χ2v) is 2.34. The first kappa shape index (κ1) is 10.8. The highest BCUT2D eigenvalue weighted by Crippen LogP contribution is 1.94.